The third-order valence-electron chi connectivity index (χ3n) is 3.55. The van der Waals surface area contributed by atoms with Crippen molar-refractivity contribution in [2.75, 3.05) is 0 Å². The molecule has 2 N–H and O–H groups in total. The van der Waals surface area contributed by atoms with Gasteiger partial charge in [0.25, 0.3) is 0 Å². The van der Waals surface area contributed by atoms with Gasteiger partial charge in [0.05, 0.1) is 11.0 Å². The number of nitrogens with zero attached hydrogens (tertiary/aromatic N) is 2. The molecule has 0 saturated heterocycles. The number of para-hydroxylation sites is 2. The van der Waals surface area contributed by atoms with E-state index in [1.807, 2.05) is 36.4 Å². The predicted molar refractivity (Wildman–Crippen MR) is 113 cm³/mol. The first kappa shape index (κ1) is 19.2. The summed E-state index contributed by atoms with van der Waals surface area (Å²) in [6.45, 7) is 1.51. The Kier molecular flexibility index (Phi) is 5.98. The second-order valence-electron chi connectivity index (χ2n) is 5.58. The zero-order valence-electron chi connectivity index (χ0n) is 14.2. The lowest BCUT2D eigenvalue weighted by Crippen LogP contribution is -1.81. The largest absolute Gasteiger partial charge is 0.338 e. The number of imidazole rings is 2. The Balaban J connectivity index is 0.000000159. The molecule has 0 aliphatic carbocycles. The molecule has 27 heavy (non-hydrogen) atoms. The van der Waals surface area contributed by atoms with E-state index in [1.165, 1.54) is 13.0 Å². The van der Waals surface area contributed by atoms with Crippen LogP contribution in [0.3, 0.4) is 0 Å². The quantitative estimate of drug-likeness (QED) is 0.310. The number of hydrogen-bond acceptors (Lipinski definition) is 4. The molecule has 4 aromatic rings. The molecule has 2 aromatic carbocycles. The van der Waals surface area contributed by atoms with Crippen molar-refractivity contribution in [3.05, 3.63) is 63.1 Å². The van der Waals surface area contributed by atoms with Crippen molar-refractivity contribution in [1.82, 2.24) is 19.9 Å². The van der Waals surface area contributed by atoms with Gasteiger partial charge in [-0.05, 0) is 75.2 Å². The Bertz CT molecular complexity index is 1160. The van der Waals surface area contributed by atoms with Gasteiger partial charge in [0.1, 0.15) is 16.9 Å². The third-order valence-corrected chi connectivity index (χ3v) is 4.83. The summed E-state index contributed by atoms with van der Waals surface area (Å²) in [5.41, 5.74) is 3.49. The van der Waals surface area contributed by atoms with E-state index in [0.717, 1.165) is 31.0 Å². The minimum Gasteiger partial charge on any atom is -0.338 e. The number of aromatic nitrogens is 4. The van der Waals surface area contributed by atoms with E-state index in [4.69, 9.17) is 0 Å². The number of carbonyl (C=O) groups excluding carboxylic acids is 2. The molecule has 6 nitrogen and oxygen atoms in total. The molecule has 0 bridgehead atoms. The van der Waals surface area contributed by atoms with Crippen molar-refractivity contribution in [3.63, 3.8) is 0 Å². The van der Waals surface area contributed by atoms with Gasteiger partial charge in [-0.15, -0.1) is 0 Å². The van der Waals surface area contributed by atoms with Crippen LogP contribution in [0.5, 0.6) is 0 Å². The van der Waals surface area contributed by atoms with Gasteiger partial charge in [-0.25, -0.2) is 9.97 Å². The summed E-state index contributed by atoms with van der Waals surface area (Å²) in [4.78, 5) is 35.5. The maximum absolute atomic E-state index is 10.8. The van der Waals surface area contributed by atoms with Crippen LogP contribution in [0.4, 0.5) is 0 Å². The summed E-state index contributed by atoms with van der Waals surface area (Å²) >= 11 is 6.76. The van der Waals surface area contributed by atoms with Crippen molar-refractivity contribution in [1.29, 1.82) is 0 Å². The van der Waals surface area contributed by atoms with Gasteiger partial charge in [-0.1, -0.05) is 12.1 Å². The van der Waals surface area contributed by atoms with Crippen molar-refractivity contribution in [2.45, 2.75) is 6.92 Å². The van der Waals surface area contributed by atoms with Crippen LogP contribution in [-0.4, -0.2) is 32.0 Å². The number of aldehydes is 1. The molecule has 8 heteroatoms. The molecule has 0 fully saturated rings. The Hall–Kier alpha value is -2.58. The normalized spacial score (nSPS) is 10.9. The van der Waals surface area contributed by atoms with Crippen molar-refractivity contribution in [3.8, 4) is 0 Å². The smallest absolute Gasteiger partial charge is 0.185 e. The SMILES string of the molecule is CC(=O)/C=C/c1nc2c(Br)cccc2[nH]1.O=Cc1nc2c(Br)cccc2[nH]1. The van der Waals surface area contributed by atoms with E-state index in [1.54, 1.807) is 6.08 Å². The topological polar surface area (TPSA) is 91.5 Å². The van der Waals surface area contributed by atoms with E-state index in [0.29, 0.717) is 17.9 Å². The first-order valence-corrected chi connectivity index (χ1v) is 9.49. The predicted octanol–water partition coefficient (Wildman–Crippen LogP) is 5.07. The highest BCUT2D eigenvalue weighted by Crippen LogP contribution is 2.22. The summed E-state index contributed by atoms with van der Waals surface area (Å²) in [5.74, 6) is 1.05. The number of aromatic amines is 2. The highest BCUT2D eigenvalue weighted by molar-refractivity contribution is 9.11. The van der Waals surface area contributed by atoms with Crippen LogP contribution < -0.4 is 0 Å². The zero-order valence-corrected chi connectivity index (χ0v) is 17.3. The third kappa shape index (κ3) is 4.58. The summed E-state index contributed by atoms with van der Waals surface area (Å²) in [5, 5.41) is 0. The molecule has 0 atom stereocenters. The molecule has 0 amide bonds. The molecule has 0 radical (unpaired) electrons. The van der Waals surface area contributed by atoms with Crippen LogP contribution >= 0.6 is 31.9 Å². The van der Waals surface area contributed by atoms with Crippen LogP contribution in [0, 0.1) is 0 Å². The van der Waals surface area contributed by atoms with E-state index in [2.05, 4.69) is 51.8 Å². The Labute approximate surface area is 171 Å². The minimum atomic E-state index is 0.00882. The minimum absolute atomic E-state index is 0.00882. The fourth-order valence-corrected chi connectivity index (χ4v) is 3.27. The van der Waals surface area contributed by atoms with Gasteiger partial charge >= 0.3 is 0 Å². The number of halogens is 2. The van der Waals surface area contributed by atoms with E-state index < -0.39 is 0 Å². The van der Waals surface area contributed by atoms with Crippen LogP contribution in [-0.2, 0) is 4.79 Å². The second kappa shape index (κ2) is 8.41. The number of H-pyrrole nitrogens is 2. The number of fused-ring (bicyclic) bond motifs is 2. The lowest BCUT2D eigenvalue weighted by Gasteiger charge is -1.88. The molecule has 4 rings (SSSR count). The molecule has 0 unspecified atom stereocenters. The number of hydrogen-bond donors (Lipinski definition) is 2. The van der Waals surface area contributed by atoms with Gasteiger partial charge in [-0.2, -0.15) is 0 Å². The molecule has 136 valence electrons. The molecule has 0 aliphatic rings. The highest BCUT2D eigenvalue weighted by Gasteiger charge is 2.04. The summed E-state index contributed by atoms with van der Waals surface area (Å²) < 4.78 is 1.84. The molecule has 0 spiro atoms. The maximum atomic E-state index is 10.8. The number of benzene rings is 2. The Morgan fingerprint density at radius 3 is 1.93 bits per heavy atom. The maximum Gasteiger partial charge on any atom is 0.185 e. The van der Waals surface area contributed by atoms with Crippen LogP contribution in [0.1, 0.15) is 23.4 Å². The van der Waals surface area contributed by atoms with E-state index in [9.17, 15) is 9.59 Å². The van der Waals surface area contributed by atoms with E-state index in [-0.39, 0.29) is 5.78 Å². The van der Waals surface area contributed by atoms with Crippen LogP contribution in [0.2, 0.25) is 0 Å². The fourth-order valence-electron chi connectivity index (χ4n) is 2.36. The van der Waals surface area contributed by atoms with Gasteiger partial charge in [0.15, 0.2) is 17.9 Å². The average molecular weight is 490 g/mol. The van der Waals surface area contributed by atoms with E-state index >= 15 is 0 Å². The van der Waals surface area contributed by atoms with Gasteiger partial charge in [0, 0.05) is 8.95 Å². The molecule has 0 aliphatic heterocycles. The monoisotopic (exact) mass is 488 g/mol. The lowest BCUT2D eigenvalue weighted by atomic mass is 10.3. The van der Waals surface area contributed by atoms with Gasteiger partial charge in [-0.3, -0.25) is 9.59 Å². The number of carbonyl (C=O) groups is 2. The van der Waals surface area contributed by atoms with Crippen molar-refractivity contribution < 1.29 is 9.59 Å². The molecule has 2 heterocycles. The van der Waals surface area contributed by atoms with Gasteiger partial charge in [0.2, 0.25) is 0 Å². The number of ketones is 1. The lowest BCUT2D eigenvalue weighted by molar-refractivity contribution is -0.112. The summed E-state index contributed by atoms with van der Waals surface area (Å²) in [6.07, 6.45) is 3.87. The number of nitrogens with one attached hydrogen (secondary N) is 2. The Morgan fingerprint density at radius 2 is 1.44 bits per heavy atom. The molecule has 0 saturated carbocycles. The number of rotatable bonds is 3. The van der Waals surface area contributed by atoms with Crippen LogP contribution in [0.15, 0.2) is 51.4 Å². The molecular weight excluding hydrogens is 476 g/mol. The summed E-state index contributed by atoms with van der Waals surface area (Å²) in [6, 6.07) is 11.5. The zero-order chi connectivity index (χ0) is 19.4. The summed E-state index contributed by atoms with van der Waals surface area (Å²) in [7, 11) is 0. The highest BCUT2D eigenvalue weighted by atomic mass is 79.9. The molecule has 2 aromatic heterocycles. The van der Waals surface area contributed by atoms with Gasteiger partial charge < -0.3 is 9.97 Å². The van der Waals surface area contributed by atoms with Crippen LogP contribution in [0.25, 0.3) is 28.1 Å². The Morgan fingerprint density at radius 1 is 0.926 bits per heavy atom. The number of allylic oxidation sites excluding steroid dienone is 1. The second-order valence-corrected chi connectivity index (χ2v) is 7.29. The first-order valence-electron chi connectivity index (χ1n) is 7.90. The fraction of sp³-hybridized carbons (Fsp3) is 0.0526. The van der Waals surface area contributed by atoms with Crippen molar-refractivity contribution >= 4 is 72.1 Å². The first-order chi connectivity index (χ1) is 13.0. The average Bonchev–Trinajstić information content (AvgIpc) is 3.25. The standard InChI is InChI=1S/C11H9BrN2O.C8H5BrN2O/c1-7(15)5-6-10-13-9-4-2-3-8(12)11(9)14-10;9-5-2-1-3-6-8(5)11-7(4-12)10-6/h2-6H,1H3,(H,13,14);1-4H,(H,10,11)/b6-5+;. The molecular formula is C19H14Br2N4O2. The van der Waals surface area contributed by atoms with Crippen molar-refractivity contribution in [2.24, 2.45) is 0 Å².